The van der Waals surface area contributed by atoms with E-state index in [1.54, 1.807) is 50.4 Å². The van der Waals surface area contributed by atoms with Gasteiger partial charge in [0.05, 0.1) is 13.2 Å². The zero-order chi connectivity index (χ0) is 24.8. The van der Waals surface area contributed by atoms with Gasteiger partial charge in [-0.3, -0.25) is 9.59 Å². The Bertz CT molecular complexity index is 1300. The molecule has 0 amide bonds. The third-order valence-electron chi connectivity index (χ3n) is 5.66. The average Bonchev–Trinajstić information content (AvgIpc) is 3.28. The number of esters is 2. The summed E-state index contributed by atoms with van der Waals surface area (Å²) in [7, 11) is 0. The van der Waals surface area contributed by atoms with E-state index < -0.39 is 29.6 Å². The van der Waals surface area contributed by atoms with Crippen molar-refractivity contribution in [2.45, 2.75) is 19.8 Å². The highest BCUT2D eigenvalue weighted by Gasteiger charge is 2.40. The van der Waals surface area contributed by atoms with Crippen LogP contribution in [0.1, 0.15) is 30.9 Å². The van der Waals surface area contributed by atoms with Gasteiger partial charge in [0, 0.05) is 23.0 Å². The fourth-order valence-electron chi connectivity index (χ4n) is 4.14. The topological polar surface area (TPSA) is 77.6 Å². The van der Waals surface area contributed by atoms with Crippen LogP contribution in [0.3, 0.4) is 0 Å². The molecule has 7 heteroatoms. The lowest BCUT2D eigenvalue weighted by molar-refractivity contribution is -0.162. The first-order chi connectivity index (χ1) is 17.0. The molecule has 6 nitrogen and oxygen atoms in total. The van der Waals surface area contributed by atoms with Crippen molar-refractivity contribution in [2.24, 2.45) is 5.92 Å². The molecule has 0 bridgehead atoms. The fraction of sp³-hybridized carbons (Fsp3) is 0.214. The smallest absolute Gasteiger partial charge is 0.321 e. The number of para-hydroxylation sites is 2. The molecule has 4 rings (SSSR count). The monoisotopic (exact) mass is 475 g/mol. The maximum atomic E-state index is 14.8. The van der Waals surface area contributed by atoms with Gasteiger partial charge in [-0.05, 0) is 55.3 Å². The van der Waals surface area contributed by atoms with Gasteiger partial charge < -0.3 is 19.2 Å². The fourth-order valence-corrected chi connectivity index (χ4v) is 4.14. The van der Waals surface area contributed by atoms with Crippen LogP contribution in [-0.4, -0.2) is 30.1 Å². The van der Waals surface area contributed by atoms with Gasteiger partial charge in [-0.15, -0.1) is 0 Å². The minimum atomic E-state index is -1.30. The first kappa shape index (κ1) is 24.0. The average molecular weight is 476 g/mol. The van der Waals surface area contributed by atoms with E-state index in [4.69, 9.17) is 14.2 Å². The SMILES string of the molecule is CCOC(=O)C(C(=O)OCC)C(c1ccc(F)c(Oc2ccccc2)c1)c1c[nH]c2ccccc12. The highest BCUT2D eigenvalue weighted by atomic mass is 19.1. The van der Waals surface area contributed by atoms with Crippen molar-refractivity contribution in [3.05, 3.63) is 95.9 Å². The third-order valence-corrected chi connectivity index (χ3v) is 5.66. The number of benzene rings is 3. The summed E-state index contributed by atoms with van der Waals surface area (Å²) < 4.78 is 31.1. The number of aromatic nitrogens is 1. The van der Waals surface area contributed by atoms with E-state index in [2.05, 4.69) is 4.98 Å². The zero-order valence-corrected chi connectivity index (χ0v) is 19.5. The Morgan fingerprint density at radius 1 is 0.886 bits per heavy atom. The van der Waals surface area contributed by atoms with Crippen LogP contribution in [0, 0.1) is 11.7 Å². The predicted molar refractivity (Wildman–Crippen MR) is 130 cm³/mol. The van der Waals surface area contributed by atoms with Crippen LogP contribution in [0.15, 0.2) is 79.0 Å². The molecule has 0 spiro atoms. The van der Waals surface area contributed by atoms with Crippen LogP contribution in [0.2, 0.25) is 0 Å². The van der Waals surface area contributed by atoms with E-state index in [1.807, 2.05) is 30.3 Å². The molecule has 0 aliphatic heterocycles. The maximum absolute atomic E-state index is 14.8. The summed E-state index contributed by atoms with van der Waals surface area (Å²) in [5, 5.41) is 0.825. The Morgan fingerprint density at radius 2 is 1.54 bits per heavy atom. The number of nitrogens with one attached hydrogen (secondary N) is 1. The summed E-state index contributed by atoms with van der Waals surface area (Å²) >= 11 is 0. The highest BCUT2D eigenvalue weighted by Crippen LogP contribution is 2.40. The molecule has 3 aromatic carbocycles. The number of ether oxygens (including phenoxy) is 3. The molecule has 180 valence electrons. The van der Waals surface area contributed by atoms with Gasteiger partial charge in [0.15, 0.2) is 17.5 Å². The van der Waals surface area contributed by atoms with Gasteiger partial charge >= 0.3 is 11.9 Å². The molecule has 0 radical (unpaired) electrons. The molecular formula is C28H26FNO5. The van der Waals surface area contributed by atoms with Gasteiger partial charge in [0.25, 0.3) is 0 Å². The number of carbonyl (C=O) groups excluding carboxylic acids is 2. The maximum Gasteiger partial charge on any atom is 0.321 e. The van der Waals surface area contributed by atoms with Gasteiger partial charge in [0.1, 0.15) is 5.75 Å². The number of hydrogen-bond donors (Lipinski definition) is 1. The molecule has 1 unspecified atom stereocenters. The van der Waals surface area contributed by atoms with E-state index in [9.17, 15) is 14.0 Å². The number of H-pyrrole nitrogens is 1. The van der Waals surface area contributed by atoms with Gasteiger partial charge in [-0.2, -0.15) is 0 Å². The van der Waals surface area contributed by atoms with Crippen LogP contribution < -0.4 is 4.74 Å². The Balaban J connectivity index is 1.88. The normalized spacial score (nSPS) is 11.9. The number of carbonyl (C=O) groups is 2. The minimum Gasteiger partial charge on any atom is -0.465 e. The Morgan fingerprint density at radius 3 is 2.23 bits per heavy atom. The number of halogens is 1. The van der Waals surface area contributed by atoms with Crippen LogP contribution in [0.25, 0.3) is 10.9 Å². The van der Waals surface area contributed by atoms with E-state index >= 15 is 0 Å². The second kappa shape index (κ2) is 10.9. The van der Waals surface area contributed by atoms with E-state index in [1.165, 1.54) is 12.1 Å². The van der Waals surface area contributed by atoms with Crippen molar-refractivity contribution in [3.8, 4) is 11.5 Å². The van der Waals surface area contributed by atoms with Crippen molar-refractivity contribution in [3.63, 3.8) is 0 Å². The van der Waals surface area contributed by atoms with Crippen molar-refractivity contribution in [1.29, 1.82) is 0 Å². The van der Waals surface area contributed by atoms with E-state index in [-0.39, 0.29) is 19.0 Å². The van der Waals surface area contributed by atoms with Crippen molar-refractivity contribution >= 4 is 22.8 Å². The lowest BCUT2D eigenvalue weighted by atomic mass is 9.80. The minimum absolute atomic E-state index is 0.0231. The molecule has 1 aromatic heterocycles. The summed E-state index contributed by atoms with van der Waals surface area (Å²) in [5.74, 6) is -3.68. The zero-order valence-electron chi connectivity index (χ0n) is 19.5. The van der Waals surface area contributed by atoms with Crippen LogP contribution in [-0.2, 0) is 19.1 Å². The molecule has 35 heavy (non-hydrogen) atoms. The number of fused-ring (bicyclic) bond motifs is 1. The predicted octanol–water partition coefficient (Wildman–Crippen LogP) is 5.97. The van der Waals surface area contributed by atoms with Gasteiger partial charge in [0.2, 0.25) is 0 Å². The second-order valence-corrected chi connectivity index (χ2v) is 7.85. The molecule has 1 heterocycles. The van der Waals surface area contributed by atoms with Crippen molar-refractivity contribution in [2.75, 3.05) is 13.2 Å². The summed E-state index contributed by atoms with van der Waals surface area (Å²) in [6.07, 6.45) is 1.75. The molecule has 0 fully saturated rings. The van der Waals surface area contributed by atoms with Gasteiger partial charge in [-0.1, -0.05) is 42.5 Å². The molecule has 4 aromatic rings. The standard InChI is InChI=1S/C28H26FNO5/c1-3-33-27(31)26(28(32)34-4-2)25(21-17-30-23-13-9-8-12-20(21)23)18-14-15-22(29)24(16-18)35-19-10-6-5-7-11-19/h5-17,25-26,30H,3-4H2,1-2H3. The highest BCUT2D eigenvalue weighted by molar-refractivity contribution is 5.98. The Labute approximate surface area is 202 Å². The molecular weight excluding hydrogens is 449 g/mol. The summed E-state index contributed by atoms with van der Waals surface area (Å²) in [6, 6.07) is 20.7. The van der Waals surface area contributed by atoms with Crippen LogP contribution in [0.5, 0.6) is 11.5 Å². The quantitative estimate of drug-likeness (QED) is 0.238. The molecule has 0 saturated heterocycles. The van der Waals surface area contributed by atoms with Gasteiger partial charge in [-0.25, -0.2) is 4.39 Å². The Hall–Kier alpha value is -4.13. The lowest BCUT2D eigenvalue weighted by Crippen LogP contribution is -2.34. The van der Waals surface area contributed by atoms with Crippen molar-refractivity contribution in [1.82, 2.24) is 4.98 Å². The summed E-state index contributed by atoms with van der Waals surface area (Å²) in [5.41, 5.74) is 2.03. The molecule has 1 atom stereocenters. The van der Waals surface area contributed by atoms with E-state index in [0.717, 1.165) is 10.9 Å². The molecule has 1 N–H and O–H groups in total. The lowest BCUT2D eigenvalue weighted by Gasteiger charge is -2.25. The molecule has 0 saturated carbocycles. The second-order valence-electron chi connectivity index (χ2n) is 7.85. The third kappa shape index (κ3) is 5.19. The number of aromatic amines is 1. The van der Waals surface area contributed by atoms with Crippen molar-refractivity contribution < 1.29 is 28.2 Å². The Kier molecular flexibility index (Phi) is 7.45. The van der Waals surface area contributed by atoms with Crippen LogP contribution >= 0.6 is 0 Å². The molecule has 0 aliphatic rings. The first-order valence-electron chi connectivity index (χ1n) is 11.4. The van der Waals surface area contributed by atoms with Crippen LogP contribution in [0.4, 0.5) is 4.39 Å². The number of hydrogen-bond acceptors (Lipinski definition) is 5. The van der Waals surface area contributed by atoms with E-state index in [0.29, 0.717) is 16.9 Å². The first-order valence-corrected chi connectivity index (χ1v) is 11.4. The number of rotatable bonds is 9. The summed E-state index contributed by atoms with van der Waals surface area (Å²) in [4.78, 5) is 29.4. The molecule has 0 aliphatic carbocycles. The largest absolute Gasteiger partial charge is 0.465 e. The summed E-state index contributed by atoms with van der Waals surface area (Å²) in [6.45, 7) is 3.54.